The highest BCUT2D eigenvalue weighted by Gasteiger charge is 2.45. The Labute approximate surface area is 231 Å². The zero-order chi connectivity index (χ0) is 26.5. The number of benzene rings is 2. The monoisotopic (exact) mass is 553 g/mol. The molecular formula is C28H29Cl2N5O3. The molecule has 198 valence electrons. The zero-order valence-electron chi connectivity index (χ0n) is 21.2. The molecule has 2 unspecified atom stereocenters. The molecule has 1 fully saturated rings. The summed E-state index contributed by atoms with van der Waals surface area (Å²) in [6.45, 7) is 6.14. The van der Waals surface area contributed by atoms with Crippen molar-refractivity contribution in [2.75, 3.05) is 25.1 Å². The van der Waals surface area contributed by atoms with E-state index >= 15 is 0 Å². The van der Waals surface area contributed by atoms with Gasteiger partial charge in [0, 0.05) is 41.3 Å². The number of halogens is 2. The number of aromatic nitrogens is 4. The van der Waals surface area contributed by atoms with Crippen LogP contribution < -0.4 is 10.1 Å². The molecule has 3 heterocycles. The van der Waals surface area contributed by atoms with E-state index in [1.54, 1.807) is 30.9 Å². The van der Waals surface area contributed by atoms with Crippen LogP contribution >= 0.6 is 23.2 Å². The SMILES string of the molecule is CC(C)CNc1nccc(-c2ccc(OCC3COC(Cn4ccnc4)(c4ccc(Cl)cc4Cl)O3)cc2)n1. The summed E-state index contributed by atoms with van der Waals surface area (Å²) in [5.74, 6) is 0.762. The summed E-state index contributed by atoms with van der Waals surface area (Å²) in [5, 5.41) is 4.28. The van der Waals surface area contributed by atoms with Gasteiger partial charge in [0.15, 0.2) is 0 Å². The van der Waals surface area contributed by atoms with E-state index in [1.165, 1.54) is 0 Å². The summed E-state index contributed by atoms with van der Waals surface area (Å²) < 4.78 is 20.6. The molecule has 38 heavy (non-hydrogen) atoms. The van der Waals surface area contributed by atoms with Crippen molar-refractivity contribution < 1.29 is 14.2 Å². The van der Waals surface area contributed by atoms with E-state index < -0.39 is 5.79 Å². The second-order valence-electron chi connectivity index (χ2n) is 9.54. The lowest BCUT2D eigenvalue weighted by atomic mass is 10.1. The Hall–Kier alpha value is -3.17. The molecule has 0 spiro atoms. The minimum Gasteiger partial charge on any atom is -0.491 e. The molecule has 2 atom stereocenters. The van der Waals surface area contributed by atoms with Gasteiger partial charge in [-0.25, -0.2) is 15.0 Å². The van der Waals surface area contributed by atoms with Crippen LogP contribution in [0.15, 0.2) is 73.4 Å². The van der Waals surface area contributed by atoms with E-state index in [0.717, 1.165) is 23.6 Å². The van der Waals surface area contributed by atoms with Crippen LogP contribution in [0.5, 0.6) is 5.75 Å². The largest absolute Gasteiger partial charge is 0.491 e. The van der Waals surface area contributed by atoms with Gasteiger partial charge >= 0.3 is 0 Å². The summed E-state index contributed by atoms with van der Waals surface area (Å²) in [4.78, 5) is 13.1. The molecule has 5 rings (SSSR count). The third kappa shape index (κ3) is 6.27. The number of imidazole rings is 1. The highest BCUT2D eigenvalue weighted by atomic mass is 35.5. The van der Waals surface area contributed by atoms with Crippen molar-refractivity contribution in [1.29, 1.82) is 0 Å². The van der Waals surface area contributed by atoms with Crippen LogP contribution in [0, 0.1) is 5.92 Å². The van der Waals surface area contributed by atoms with Crippen molar-refractivity contribution in [3.63, 3.8) is 0 Å². The highest BCUT2D eigenvalue weighted by molar-refractivity contribution is 6.35. The maximum atomic E-state index is 6.55. The van der Waals surface area contributed by atoms with E-state index in [-0.39, 0.29) is 6.10 Å². The van der Waals surface area contributed by atoms with Crippen molar-refractivity contribution in [1.82, 2.24) is 19.5 Å². The lowest BCUT2D eigenvalue weighted by Gasteiger charge is -2.30. The lowest BCUT2D eigenvalue weighted by Crippen LogP contribution is -2.34. The van der Waals surface area contributed by atoms with Gasteiger partial charge in [0.1, 0.15) is 18.5 Å². The third-order valence-electron chi connectivity index (χ3n) is 6.06. The third-order valence-corrected chi connectivity index (χ3v) is 6.61. The number of nitrogens with one attached hydrogen (secondary N) is 1. The molecule has 0 radical (unpaired) electrons. The first kappa shape index (κ1) is 26.4. The summed E-state index contributed by atoms with van der Waals surface area (Å²) >= 11 is 12.7. The Kier molecular flexibility index (Phi) is 8.14. The van der Waals surface area contributed by atoms with E-state index in [0.29, 0.717) is 47.2 Å². The fraction of sp³-hybridized carbons (Fsp3) is 0.321. The molecule has 8 nitrogen and oxygen atoms in total. The fourth-order valence-corrected chi connectivity index (χ4v) is 4.74. The van der Waals surface area contributed by atoms with Crippen LogP contribution in [0.3, 0.4) is 0 Å². The van der Waals surface area contributed by atoms with Crippen LogP contribution in [0.1, 0.15) is 19.4 Å². The summed E-state index contributed by atoms with van der Waals surface area (Å²) in [6.07, 6.45) is 6.73. The standard InChI is InChI=1S/C28H29Cl2N5O3/c1-19(2)14-33-27-32-10-9-26(34-27)20-3-6-22(7-4-20)36-15-23-16-37-28(38-23,17-35-12-11-31-18-35)24-8-5-21(29)13-25(24)30/h3-13,18-19,23H,14-17H2,1-2H3,(H,32,33,34). The van der Waals surface area contributed by atoms with E-state index in [1.807, 2.05) is 47.2 Å². The van der Waals surface area contributed by atoms with Crippen LogP contribution in [-0.4, -0.2) is 45.4 Å². The van der Waals surface area contributed by atoms with Crippen LogP contribution in [0.4, 0.5) is 5.95 Å². The van der Waals surface area contributed by atoms with Crippen LogP contribution in [0.25, 0.3) is 11.3 Å². The average Bonchev–Trinajstić information content (AvgIpc) is 3.57. The van der Waals surface area contributed by atoms with Crippen molar-refractivity contribution in [3.8, 4) is 17.0 Å². The van der Waals surface area contributed by atoms with Gasteiger partial charge in [-0.2, -0.15) is 0 Å². The Morgan fingerprint density at radius 3 is 2.71 bits per heavy atom. The zero-order valence-corrected chi connectivity index (χ0v) is 22.7. The first-order valence-corrected chi connectivity index (χ1v) is 13.2. The maximum Gasteiger partial charge on any atom is 0.223 e. The molecule has 1 aliphatic heterocycles. The number of rotatable bonds is 10. The maximum absolute atomic E-state index is 6.55. The normalized spacial score (nSPS) is 19.1. The Balaban J connectivity index is 1.24. The summed E-state index contributed by atoms with van der Waals surface area (Å²) in [5.41, 5.74) is 2.52. The molecule has 0 bridgehead atoms. The quantitative estimate of drug-likeness (QED) is 0.255. The predicted molar refractivity (Wildman–Crippen MR) is 147 cm³/mol. The molecule has 0 amide bonds. The molecule has 10 heteroatoms. The average molecular weight is 554 g/mol. The number of hydrogen-bond donors (Lipinski definition) is 1. The number of anilines is 1. The van der Waals surface area contributed by atoms with Gasteiger partial charge in [0.25, 0.3) is 0 Å². The van der Waals surface area contributed by atoms with Gasteiger partial charge in [-0.3, -0.25) is 0 Å². The molecule has 1 aliphatic rings. The Bertz CT molecular complexity index is 1350. The van der Waals surface area contributed by atoms with Gasteiger partial charge < -0.3 is 24.1 Å². The van der Waals surface area contributed by atoms with E-state index in [4.69, 9.17) is 37.4 Å². The second-order valence-corrected chi connectivity index (χ2v) is 10.4. The molecule has 4 aromatic rings. The first-order valence-electron chi connectivity index (χ1n) is 12.4. The molecule has 0 saturated carbocycles. The van der Waals surface area contributed by atoms with E-state index in [9.17, 15) is 0 Å². The van der Waals surface area contributed by atoms with Crippen molar-refractivity contribution >= 4 is 29.2 Å². The Morgan fingerprint density at radius 2 is 1.97 bits per heavy atom. The second kappa shape index (κ2) is 11.7. The van der Waals surface area contributed by atoms with Gasteiger partial charge in [-0.05, 0) is 48.4 Å². The predicted octanol–water partition coefficient (Wildman–Crippen LogP) is 6.06. The summed E-state index contributed by atoms with van der Waals surface area (Å²) in [7, 11) is 0. The molecular weight excluding hydrogens is 525 g/mol. The molecule has 2 aromatic carbocycles. The number of ether oxygens (including phenoxy) is 3. The van der Waals surface area contributed by atoms with Gasteiger partial charge in [0.2, 0.25) is 11.7 Å². The smallest absolute Gasteiger partial charge is 0.223 e. The minimum absolute atomic E-state index is 0.304. The fourth-order valence-electron chi connectivity index (χ4n) is 4.19. The molecule has 1 N–H and O–H groups in total. The highest BCUT2D eigenvalue weighted by Crippen LogP contribution is 2.40. The number of hydrogen-bond acceptors (Lipinski definition) is 7. The van der Waals surface area contributed by atoms with Crippen LogP contribution in [-0.2, 0) is 21.8 Å². The van der Waals surface area contributed by atoms with Crippen molar-refractivity contribution in [2.24, 2.45) is 5.92 Å². The summed E-state index contributed by atoms with van der Waals surface area (Å²) in [6, 6.07) is 15.0. The topological polar surface area (TPSA) is 83.3 Å². The van der Waals surface area contributed by atoms with Gasteiger partial charge in [-0.15, -0.1) is 0 Å². The number of nitrogens with zero attached hydrogens (tertiary/aromatic N) is 4. The van der Waals surface area contributed by atoms with Crippen molar-refractivity contribution in [3.05, 3.63) is 89.1 Å². The minimum atomic E-state index is -1.09. The lowest BCUT2D eigenvalue weighted by molar-refractivity contribution is -0.189. The Morgan fingerprint density at radius 1 is 1.13 bits per heavy atom. The molecule has 0 aliphatic carbocycles. The van der Waals surface area contributed by atoms with Crippen LogP contribution in [0.2, 0.25) is 10.0 Å². The molecule has 1 saturated heterocycles. The van der Waals surface area contributed by atoms with Gasteiger partial charge in [-0.1, -0.05) is 43.1 Å². The van der Waals surface area contributed by atoms with Gasteiger partial charge in [0.05, 0.1) is 30.2 Å². The van der Waals surface area contributed by atoms with E-state index in [2.05, 4.69) is 34.1 Å². The first-order chi connectivity index (χ1) is 18.4. The molecule has 2 aromatic heterocycles. The van der Waals surface area contributed by atoms with Crippen molar-refractivity contribution in [2.45, 2.75) is 32.3 Å².